The summed E-state index contributed by atoms with van der Waals surface area (Å²) in [5, 5.41) is 0. The van der Waals surface area contributed by atoms with E-state index in [0.717, 1.165) is 30.2 Å². The van der Waals surface area contributed by atoms with Gasteiger partial charge in [0.2, 0.25) is 0 Å². The highest BCUT2D eigenvalue weighted by Crippen LogP contribution is 2.40. The molecule has 0 bridgehead atoms. The molecule has 0 saturated heterocycles. The lowest BCUT2D eigenvalue weighted by Gasteiger charge is -2.25. The molecule has 0 unspecified atom stereocenters. The van der Waals surface area contributed by atoms with Crippen molar-refractivity contribution in [3.8, 4) is 5.75 Å². The summed E-state index contributed by atoms with van der Waals surface area (Å²) < 4.78 is 19.9. The van der Waals surface area contributed by atoms with Gasteiger partial charge in [0.25, 0.3) is 0 Å². The molecular formula is C12H15BrFNO. The van der Waals surface area contributed by atoms with Crippen molar-refractivity contribution in [2.45, 2.75) is 31.2 Å². The summed E-state index contributed by atoms with van der Waals surface area (Å²) >= 11 is 3.36. The molecule has 2 rings (SSSR count). The lowest BCUT2D eigenvalue weighted by atomic mass is 9.89. The molecule has 0 radical (unpaired) electrons. The molecule has 0 heterocycles. The Kier molecular flexibility index (Phi) is 3.22. The lowest BCUT2D eigenvalue weighted by Crippen LogP contribution is -2.34. The third kappa shape index (κ3) is 1.96. The van der Waals surface area contributed by atoms with Gasteiger partial charge in [0, 0.05) is 15.6 Å². The molecule has 2 nitrogen and oxygen atoms in total. The fourth-order valence-corrected chi connectivity index (χ4v) is 2.79. The van der Waals surface area contributed by atoms with Crippen molar-refractivity contribution in [2.24, 2.45) is 5.73 Å². The Hall–Kier alpha value is -0.610. The molecule has 0 atom stereocenters. The molecule has 4 heteroatoms. The SMILES string of the molecule is COc1cc(Br)cc(C2(N)CCCC2)c1F. The highest BCUT2D eigenvalue weighted by Gasteiger charge is 2.34. The van der Waals surface area contributed by atoms with Crippen LogP contribution in [0.25, 0.3) is 0 Å². The van der Waals surface area contributed by atoms with Crippen LogP contribution in [-0.4, -0.2) is 7.11 Å². The molecule has 88 valence electrons. The van der Waals surface area contributed by atoms with E-state index in [1.165, 1.54) is 7.11 Å². The molecule has 1 aromatic rings. The quantitative estimate of drug-likeness (QED) is 0.906. The summed E-state index contributed by atoms with van der Waals surface area (Å²) in [4.78, 5) is 0. The van der Waals surface area contributed by atoms with Gasteiger partial charge in [0.1, 0.15) is 0 Å². The van der Waals surface area contributed by atoms with Crippen molar-refractivity contribution >= 4 is 15.9 Å². The Balaban J connectivity index is 2.51. The molecule has 0 spiro atoms. The second kappa shape index (κ2) is 4.34. The van der Waals surface area contributed by atoms with E-state index in [1.807, 2.05) is 0 Å². The second-order valence-corrected chi connectivity index (χ2v) is 5.25. The molecule has 1 saturated carbocycles. The molecule has 1 fully saturated rings. The van der Waals surface area contributed by atoms with Crippen LogP contribution >= 0.6 is 15.9 Å². The van der Waals surface area contributed by atoms with E-state index in [-0.39, 0.29) is 11.6 Å². The predicted octanol–water partition coefficient (Wildman–Crippen LogP) is 3.32. The number of ether oxygens (including phenoxy) is 1. The van der Waals surface area contributed by atoms with E-state index in [2.05, 4.69) is 15.9 Å². The summed E-state index contributed by atoms with van der Waals surface area (Å²) in [5.74, 6) is -0.0730. The van der Waals surface area contributed by atoms with Crippen LogP contribution in [0.5, 0.6) is 5.75 Å². The Morgan fingerprint density at radius 3 is 2.56 bits per heavy atom. The number of nitrogens with two attached hydrogens (primary N) is 1. The van der Waals surface area contributed by atoms with Crippen LogP contribution in [0.4, 0.5) is 4.39 Å². The number of methoxy groups -OCH3 is 1. The van der Waals surface area contributed by atoms with E-state index < -0.39 is 5.54 Å². The smallest absolute Gasteiger partial charge is 0.170 e. The van der Waals surface area contributed by atoms with Crippen LogP contribution in [0.1, 0.15) is 31.2 Å². The van der Waals surface area contributed by atoms with Crippen LogP contribution in [0.15, 0.2) is 16.6 Å². The zero-order valence-electron chi connectivity index (χ0n) is 9.22. The van der Waals surface area contributed by atoms with Crippen LogP contribution in [0.3, 0.4) is 0 Å². The minimum atomic E-state index is -0.527. The normalized spacial score (nSPS) is 18.8. The van der Waals surface area contributed by atoms with Gasteiger partial charge in [-0.2, -0.15) is 0 Å². The third-order valence-corrected chi connectivity index (χ3v) is 3.71. The molecule has 0 aliphatic heterocycles. The molecule has 1 aromatic carbocycles. The third-order valence-electron chi connectivity index (χ3n) is 3.26. The number of halogens is 2. The monoisotopic (exact) mass is 287 g/mol. The van der Waals surface area contributed by atoms with Crippen molar-refractivity contribution in [3.63, 3.8) is 0 Å². The van der Waals surface area contributed by atoms with Crippen LogP contribution < -0.4 is 10.5 Å². The Bertz CT molecular complexity index is 402. The fourth-order valence-electron chi connectivity index (χ4n) is 2.35. The molecule has 16 heavy (non-hydrogen) atoms. The minimum Gasteiger partial charge on any atom is -0.494 e. The van der Waals surface area contributed by atoms with Crippen molar-refractivity contribution in [1.29, 1.82) is 0 Å². The summed E-state index contributed by atoms with van der Waals surface area (Å²) in [6.45, 7) is 0. The number of hydrogen-bond acceptors (Lipinski definition) is 2. The zero-order chi connectivity index (χ0) is 11.8. The summed E-state index contributed by atoms with van der Waals surface area (Å²) in [7, 11) is 1.46. The van der Waals surface area contributed by atoms with E-state index in [4.69, 9.17) is 10.5 Å². The van der Waals surface area contributed by atoms with Crippen LogP contribution in [0.2, 0.25) is 0 Å². The van der Waals surface area contributed by atoms with Crippen molar-refractivity contribution < 1.29 is 9.13 Å². The van der Waals surface area contributed by atoms with Gasteiger partial charge in [0.15, 0.2) is 11.6 Å². The lowest BCUT2D eigenvalue weighted by molar-refractivity contribution is 0.368. The van der Waals surface area contributed by atoms with Gasteiger partial charge in [0.05, 0.1) is 7.11 Å². The van der Waals surface area contributed by atoms with E-state index >= 15 is 0 Å². The Labute approximate surface area is 103 Å². The van der Waals surface area contributed by atoms with Gasteiger partial charge in [-0.15, -0.1) is 0 Å². The topological polar surface area (TPSA) is 35.2 Å². The average molecular weight is 288 g/mol. The second-order valence-electron chi connectivity index (χ2n) is 4.33. The standard InChI is InChI=1S/C12H15BrFNO/c1-16-10-7-8(13)6-9(11(10)14)12(15)4-2-3-5-12/h6-7H,2-5,15H2,1H3. The molecule has 0 aromatic heterocycles. The minimum absolute atomic E-state index is 0.251. The first-order valence-corrected chi connectivity index (χ1v) is 6.18. The van der Waals surface area contributed by atoms with Crippen molar-refractivity contribution in [3.05, 3.63) is 28.0 Å². The highest BCUT2D eigenvalue weighted by atomic mass is 79.9. The molecule has 2 N–H and O–H groups in total. The first kappa shape index (κ1) is 11.9. The highest BCUT2D eigenvalue weighted by molar-refractivity contribution is 9.10. The van der Waals surface area contributed by atoms with E-state index in [1.54, 1.807) is 12.1 Å². The molecule has 1 aliphatic rings. The van der Waals surface area contributed by atoms with Gasteiger partial charge in [-0.05, 0) is 25.0 Å². The maximum absolute atomic E-state index is 14.1. The largest absolute Gasteiger partial charge is 0.494 e. The summed E-state index contributed by atoms with van der Waals surface area (Å²) in [5.41, 5.74) is 6.30. The average Bonchev–Trinajstić information content (AvgIpc) is 2.69. The first-order chi connectivity index (χ1) is 7.57. The maximum atomic E-state index is 14.1. The van der Waals surface area contributed by atoms with Gasteiger partial charge in [-0.3, -0.25) is 0 Å². The number of rotatable bonds is 2. The van der Waals surface area contributed by atoms with Crippen LogP contribution in [-0.2, 0) is 5.54 Å². The molecular weight excluding hydrogens is 273 g/mol. The van der Waals surface area contributed by atoms with E-state index in [0.29, 0.717) is 5.56 Å². The van der Waals surface area contributed by atoms with Gasteiger partial charge >= 0.3 is 0 Å². The first-order valence-electron chi connectivity index (χ1n) is 5.39. The molecule has 0 amide bonds. The van der Waals surface area contributed by atoms with Crippen LogP contribution in [0, 0.1) is 5.82 Å². The summed E-state index contributed by atoms with van der Waals surface area (Å²) in [6, 6.07) is 3.39. The fraction of sp³-hybridized carbons (Fsp3) is 0.500. The number of hydrogen-bond donors (Lipinski definition) is 1. The van der Waals surface area contributed by atoms with Gasteiger partial charge in [-0.1, -0.05) is 28.8 Å². The predicted molar refractivity (Wildman–Crippen MR) is 65.0 cm³/mol. The van der Waals surface area contributed by atoms with E-state index in [9.17, 15) is 4.39 Å². The van der Waals surface area contributed by atoms with Crippen molar-refractivity contribution in [2.75, 3.05) is 7.11 Å². The Morgan fingerprint density at radius 1 is 1.38 bits per heavy atom. The Morgan fingerprint density at radius 2 is 2.00 bits per heavy atom. The van der Waals surface area contributed by atoms with Crippen molar-refractivity contribution in [1.82, 2.24) is 0 Å². The molecule has 1 aliphatic carbocycles. The number of benzene rings is 1. The zero-order valence-corrected chi connectivity index (χ0v) is 10.8. The van der Waals surface area contributed by atoms with Gasteiger partial charge in [-0.25, -0.2) is 4.39 Å². The maximum Gasteiger partial charge on any atom is 0.170 e. The van der Waals surface area contributed by atoms with Gasteiger partial charge < -0.3 is 10.5 Å². The summed E-state index contributed by atoms with van der Waals surface area (Å²) in [6.07, 6.45) is 3.79.